The van der Waals surface area contributed by atoms with Gasteiger partial charge >= 0.3 is 0 Å². The van der Waals surface area contributed by atoms with E-state index in [0.717, 1.165) is 47.9 Å². The van der Waals surface area contributed by atoms with E-state index in [2.05, 4.69) is 26.7 Å². The van der Waals surface area contributed by atoms with E-state index in [-0.39, 0.29) is 0 Å². The van der Waals surface area contributed by atoms with Gasteiger partial charge in [0.2, 0.25) is 0 Å². The van der Waals surface area contributed by atoms with Crippen molar-refractivity contribution < 1.29 is 0 Å². The fourth-order valence-electron chi connectivity index (χ4n) is 2.62. The van der Waals surface area contributed by atoms with Gasteiger partial charge in [-0.15, -0.1) is 11.6 Å². The topological polar surface area (TPSA) is 53.5 Å². The highest BCUT2D eigenvalue weighted by Gasteiger charge is 2.17. The molecular formula is C14H19ClN6. The lowest BCUT2D eigenvalue weighted by atomic mass is 10.4. The molecule has 0 fully saturated rings. The molecule has 7 heteroatoms. The van der Waals surface area contributed by atoms with Crippen molar-refractivity contribution in [3.63, 3.8) is 0 Å². The zero-order valence-corrected chi connectivity index (χ0v) is 13.3. The van der Waals surface area contributed by atoms with Crippen molar-refractivity contribution in [2.75, 3.05) is 0 Å². The summed E-state index contributed by atoms with van der Waals surface area (Å²) in [5.41, 5.74) is 4.11. The molecule has 0 saturated carbocycles. The Morgan fingerprint density at radius 3 is 2.67 bits per heavy atom. The molecule has 3 rings (SSSR count). The fraction of sp³-hybridized carbons (Fsp3) is 0.500. The molecule has 0 aliphatic rings. The van der Waals surface area contributed by atoms with Gasteiger partial charge < -0.3 is 4.57 Å². The maximum Gasteiger partial charge on any atom is 0.159 e. The van der Waals surface area contributed by atoms with E-state index in [4.69, 9.17) is 11.6 Å². The molecule has 0 aliphatic carbocycles. The van der Waals surface area contributed by atoms with Crippen molar-refractivity contribution in [2.45, 2.75) is 46.3 Å². The summed E-state index contributed by atoms with van der Waals surface area (Å²) < 4.78 is 6.09. The second-order valence-corrected chi connectivity index (χ2v) is 5.43. The number of hydrogen-bond acceptors (Lipinski definition) is 3. The van der Waals surface area contributed by atoms with Crippen LogP contribution in [0.15, 0.2) is 12.4 Å². The molecule has 0 atom stereocenters. The number of halogens is 1. The number of hydrogen-bond donors (Lipinski definition) is 0. The van der Waals surface area contributed by atoms with Gasteiger partial charge in [0.1, 0.15) is 11.3 Å². The van der Waals surface area contributed by atoms with E-state index in [1.54, 1.807) is 0 Å². The Hall–Kier alpha value is -1.82. The summed E-state index contributed by atoms with van der Waals surface area (Å²) in [4.78, 5) is 4.63. The predicted octanol–water partition coefficient (Wildman–Crippen LogP) is 2.51. The van der Waals surface area contributed by atoms with Crippen LogP contribution in [0.3, 0.4) is 0 Å². The lowest BCUT2D eigenvalue weighted by Crippen LogP contribution is -2.12. The Kier molecular flexibility index (Phi) is 3.71. The predicted molar refractivity (Wildman–Crippen MR) is 82.5 cm³/mol. The average Bonchev–Trinajstić information content (AvgIpc) is 3.12. The number of imidazole rings is 1. The second-order valence-electron chi connectivity index (χ2n) is 5.17. The third-order valence-electron chi connectivity index (χ3n) is 3.61. The Bertz CT molecular complexity index is 766. The first-order valence-corrected chi connectivity index (χ1v) is 7.65. The van der Waals surface area contributed by atoms with Crippen molar-refractivity contribution in [2.24, 2.45) is 0 Å². The molecule has 0 aromatic carbocycles. The molecule has 0 unspecified atom stereocenters. The number of fused-ring (bicyclic) bond motifs is 1. The number of alkyl halides is 1. The van der Waals surface area contributed by atoms with E-state index < -0.39 is 0 Å². The molecule has 0 N–H and O–H groups in total. The van der Waals surface area contributed by atoms with Crippen molar-refractivity contribution >= 4 is 22.8 Å². The van der Waals surface area contributed by atoms with Crippen LogP contribution < -0.4 is 0 Å². The van der Waals surface area contributed by atoms with Crippen LogP contribution in [-0.4, -0.2) is 29.1 Å². The molecule has 3 aromatic heterocycles. The van der Waals surface area contributed by atoms with Gasteiger partial charge in [-0.2, -0.15) is 10.2 Å². The maximum absolute atomic E-state index is 6.06. The van der Waals surface area contributed by atoms with Gasteiger partial charge in [-0.3, -0.25) is 4.68 Å². The Labute approximate surface area is 128 Å². The minimum Gasteiger partial charge on any atom is -0.310 e. The monoisotopic (exact) mass is 306 g/mol. The first-order valence-electron chi connectivity index (χ1n) is 7.11. The molecular weight excluding hydrogens is 288 g/mol. The first kappa shape index (κ1) is 14.1. The normalized spacial score (nSPS) is 11.6. The van der Waals surface area contributed by atoms with Crippen LogP contribution in [0.1, 0.15) is 24.0 Å². The van der Waals surface area contributed by atoms with Crippen molar-refractivity contribution in [1.29, 1.82) is 0 Å². The summed E-state index contributed by atoms with van der Waals surface area (Å²) in [6.45, 7) is 8.50. The SMILES string of the molecule is CCn1nc(C)c2nc(CCl)n(CCn3cc(C)cn3)c21. The van der Waals surface area contributed by atoms with E-state index in [1.165, 1.54) is 0 Å². The standard InChI is InChI=1S/C14H19ClN6/c1-4-21-14-13(11(3)18-21)17-12(7-15)20(14)6-5-19-9-10(2)8-16-19/h8-9H,4-7H2,1-3H3. The minimum absolute atomic E-state index is 0.399. The zero-order chi connectivity index (χ0) is 15.0. The quantitative estimate of drug-likeness (QED) is 0.681. The van der Waals surface area contributed by atoms with Crippen LogP contribution in [0, 0.1) is 13.8 Å². The Morgan fingerprint density at radius 1 is 1.24 bits per heavy atom. The Morgan fingerprint density at radius 2 is 2.05 bits per heavy atom. The largest absolute Gasteiger partial charge is 0.310 e. The molecule has 112 valence electrons. The first-order chi connectivity index (χ1) is 10.1. The summed E-state index contributed by atoms with van der Waals surface area (Å²) in [5, 5.41) is 8.86. The molecule has 3 heterocycles. The summed E-state index contributed by atoms with van der Waals surface area (Å²) in [6, 6.07) is 0. The number of aryl methyl sites for hydroxylation is 5. The highest BCUT2D eigenvalue weighted by atomic mass is 35.5. The van der Waals surface area contributed by atoms with Crippen LogP contribution in [0.4, 0.5) is 0 Å². The molecule has 21 heavy (non-hydrogen) atoms. The van der Waals surface area contributed by atoms with E-state index in [1.807, 2.05) is 35.6 Å². The number of aromatic nitrogens is 6. The lowest BCUT2D eigenvalue weighted by Gasteiger charge is -2.09. The molecule has 0 bridgehead atoms. The molecule has 0 spiro atoms. The van der Waals surface area contributed by atoms with Crippen LogP contribution in [0.25, 0.3) is 11.2 Å². The maximum atomic E-state index is 6.06. The molecule has 3 aromatic rings. The lowest BCUT2D eigenvalue weighted by molar-refractivity contribution is 0.521. The summed E-state index contributed by atoms with van der Waals surface area (Å²) in [5.74, 6) is 1.29. The van der Waals surface area contributed by atoms with Crippen LogP contribution in [-0.2, 0) is 25.5 Å². The van der Waals surface area contributed by atoms with Crippen molar-refractivity contribution in [1.82, 2.24) is 29.1 Å². The van der Waals surface area contributed by atoms with Crippen LogP contribution in [0.5, 0.6) is 0 Å². The average molecular weight is 307 g/mol. The Balaban J connectivity index is 1.99. The molecule has 0 saturated heterocycles. The number of rotatable bonds is 5. The summed E-state index contributed by atoms with van der Waals surface area (Å²) in [7, 11) is 0. The molecule has 0 aliphatic heterocycles. The van der Waals surface area contributed by atoms with E-state index in [0.29, 0.717) is 5.88 Å². The molecule has 0 radical (unpaired) electrons. The van der Waals surface area contributed by atoms with Gasteiger partial charge in [-0.05, 0) is 26.3 Å². The van der Waals surface area contributed by atoms with E-state index in [9.17, 15) is 0 Å². The number of nitrogens with zero attached hydrogens (tertiary/aromatic N) is 6. The smallest absolute Gasteiger partial charge is 0.159 e. The molecule has 0 amide bonds. The van der Waals surface area contributed by atoms with Gasteiger partial charge in [0.05, 0.1) is 24.3 Å². The van der Waals surface area contributed by atoms with Gasteiger partial charge in [0.25, 0.3) is 0 Å². The van der Waals surface area contributed by atoms with Crippen LogP contribution >= 0.6 is 11.6 Å². The highest BCUT2D eigenvalue weighted by molar-refractivity contribution is 6.16. The molecule has 6 nitrogen and oxygen atoms in total. The van der Waals surface area contributed by atoms with Crippen molar-refractivity contribution in [3.8, 4) is 0 Å². The third kappa shape index (κ3) is 2.44. The van der Waals surface area contributed by atoms with Gasteiger partial charge in [-0.1, -0.05) is 0 Å². The van der Waals surface area contributed by atoms with Gasteiger partial charge in [-0.25, -0.2) is 9.67 Å². The van der Waals surface area contributed by atoms with Crippen molar-refractivity contribution in [3.05, 3.63) is 29.5 Å². The summed E-state index contributed by atoms with van der Waals surface area (Å²) >= 11 is 6.06. The second kappa shape index (κ2) is 5.52. The van der Waals surface area contributed by atoms with E-state index >= 15 is 0 Å². The minimum atomic E-state index is 0.399. The van der Waals surface area contributed by atoms with Gasteiger partial charge in [0, 0.05) is 19.3 Å². The highest BCUT2D eigenvalue weighted by Crippen LogP contribution is 2.21. The van der Waals surface area contributed by atoms with Crippen LogP contribution in [0.2, 0.25) is 0 Å². The summed E-state index contributed by atoms with van der Waals surface area (Å²) in [6.07, 6.45) is 3.91. The van der Waals surface area contributed by atoms with Gasteiger partial charge in [0.15, 0.2) is 5.65 Å². The fourth-order valence-corrected chi connectivity index (χ4v) is 2.82. The zero-order valence-electron chi connectivity index (χ0n) is 12.5. The third-order valence-corrected chi connectivity index (χ3v) is 3.85.